The normalized spacial score (nSPS) is 10.1. The predicted octanol–water partition coefficient (Wildman–Crippen LogP) is 2.77. The summed E-state index contributed by atoms with van der Waals surface area (Å²) < 4.78 is 0. The van der Waals surface area contributed by atoms with Crippen LogP contribution in [0.25, 0.3) is 0 Å². The van der Waals surface area contributed by atoms with E-state index in [9.17, 15) is 14.4 Å². The second-order valence-corrected chi connectivity index (χ2v) is 4.62. The molecular formula is C17H14O4. The van der Waals surface area contributed by atoms with Gasteiger partial charge in [-0.2, -0.15) is 0 Å². The quantitative estimate of drug-likeness (QED) is 0.653. The van der Waals surface area contributed by atoms with Gasteiger partial charge < -0.3 is 5.11 Å². The largest absolute Gasteiger partial charge is 0.481 e. The van der Waals surface area contributed by atoms with E-state index in [0.29, 0.717) is 16.7 Å². The Kier molecular flexibility index (Phi) is 4.61. The zero-order valence-corrected chi connectivity index (χ0v) is 11.3. The molecule has 21 heavy (non-hydrogen) atoms. The number of benzene rings is 2. The van der Waals surface area contributed by atoms with Crippen LogP contribution in [0.15, 0.2) is 54.6 Å². The van der Waals surface area contributed by atoms with E-state index in [-0.39, 0.29) is 24.4 Å². The van der Waals surface area contributed by atoms with E-state index in [0.717, 1.165) is 0 Å². The lowest BCUT2D eigenvalue weighted by Crippen LogP contribution is -2.12. The topological polar surface area (TPSA) is 71.4 Å². The molecular weight excluding hydrogens is 268 g/mol. The minimum absolute atomic E-state index is 0.235. The maximum absolute atomic E-state index is 12.2. The van der Waals surface area contributed by atoms with Crippen LogP contribution >= 0.6 is 0 Å². The molecule has 0 saturated carbocycles. The summed E-state index contributed by atoms with van der Waals surface area (Å²) in [7, 11) is 0. The number of carbonyl (C=O) groups excluding carboxylic acids is 2. The lowest BCUT2D eigenvalue weighted by Gasteiger charge is -2.06. The summed E-state index contributed by atoms with van der Waals surface area (Å²) in [4.78, 5) is 35.1. The second-order valence-electron chi connectivity index (χ2n) is 4.62. The van der Waals surface area contributed by atoms with Crippen LogP contribution in [0.5, 0.6) is 0 Å². The Balaban J connectivity index is 2.17. The van der Waals surface area contributed by atoms with Crippen molar-refractivity contribution in [2.45, 2.75) is 12.8 Å². The molecule has 2 aromatic carbocycles. The number of Topliss-reactive ketones (excluding diaryl/α,β-unsaturated/α-hetero) is 2. The van der Waals surface area contributed by atoms with Crippen molar-refractivity contribution in [2.75, 3.05) is 0 Å². The summed E-state index contributed by atoms with van der Waals surface area (Å²) in [5.41, 5.74) is 1.20. The van der Waals surface area contributed by atoms with Crippen molar-refractivity contribution >= 4 is 17.5 Å². The van der Waals surface area contributed by atoms with Crippen LogP contribution in [0.4, 0.5) is 0 Å². The van der Waals surface area contributed by atoms with Gasteiger partial charge in [0.05, 0.1) is 12.8 Å². The lowest BCUT2D eigenvalue weighted by atomic mass is 9.96. The highest BCUT2D eigenvalue weighted by Crippen LogP contribution is 2.14. The van der Waals surface area contributed by atoms with E-state index in [1.165, 1.54) is 0 Å². The Morgan fingerprint density at radius 3 is 2.10 bits per heavy atom. The van der Waals surface area contributed by atoms with Crippen molar-refractivity contribution < 1.29 is 19.5 Å². The van der Waals surface area contributed by atoms with Crippen LogP contribution < -0.4 is 0 Å². The van der Waals surface area contributed by atoms with Crippen molar-refractivity contribution in [3.05, 3.63) is 71.3 Å². The van der Waals surface area contributed by atoms with Gasteiger partial charge in [-0.15, -0.1) is 0 Å². The van der Waals surface area contributed by atoms with Gasteiger partial charge in [0.2, 0.25) is 0 Å². The number of carbonyl (C=O) groups is 3. The number of rotatable bonds is 6. The molecule has 0 fully saturated rings. The zero-order valence-electron chi connectivity index (χ0n) is 11.3. The van der Waals surface area contributed by atoms with E-state index < -0.39 is 5.97 Å². The van der Waals surface area contributed by atoms with Gasteiger partial charge in [-0.3, -0.25) is 14.4 Å². The highest BCUT2D eigenvalue weighted by atomic mass is 16.4. The van der Waals surface area contributed by atoms with Crippen molar-refractivity contribution in [3.8, 4) is 0 Å². The molecule has 2 rings (SSSR count). The Morgan fingerprint density at radius 1 is 0.810 bits per heavy atom. The van der Waals surface area contributed by atoms with Gasteiger partial charge in [0.25, 0.3) is 0 Å². The highest BCUT2D eigenvalue weighted by molar-refractivity contribution is 6.14. The minimum atomic E-state index is -1.01. The summed E-state index contributed by atoms with van der Waals surface area (Å²) in [6.45, 7) is 0. The number of carboxylic acids is 1. The summed E-state index contributed by atoms with van der Waals surface area (Å²) in [5.74, 6) is -1.64. The van der Waals surface area contributed by atoms with Crippen molar-refractivity contribution in [2.24, 2.45) is 0 Å². The Hall–Kier alpha value is -2.75. The average Bonchev–Trinajstić information content (AvgIpc) is 2.48. The van der Waals surface area contributed by atoms with E-state index >= 15 is 0 Å². The van der Waals surface area contributed by atoms with Crippen LogP contribution in [0.2, 0.25) is 0 Å². The highest BCUT2D eigenvalue weighted by Gasteiger charge is 2.17. The first-order chi connectivity index (χ1) is 10.1. The first-order valence-electron chi connectivity index (χ1n) is 6.49. The third kappa shape index (κ3) is 3.86. The molecule has 0 atom stereocenters. The maximum Gasteiger partial charge on any atom is 0.307 e. The molecule has 106 valence electrons. The Labute approximate surface area is 122 Å². The number of carboxylic acid groups (broad SMARTS) is 1. The molecule has 0 radical (unpaired) electrons. The Morgan fingerprint density at radius 2 is 1.43 bits per heavy atom. The molecule has 0 aliphatic rings. The van der Waals surface area contributed by atoms with Gasteiger partial charge >= 0.3 is 5.97 Å². The molecule has 4 heteroatoms. The first-order valence-corrected chi connectivity index (χ1v) is 6.49. The standard InChI is InChI=1S/C17H14O4/c18-15(12-6-2-1-3-7-12)11-16(19)14-9-5-4-8-13(14)10-17(20)21/h1-9H,10-11H2,(H,20,21). The third-order valence-electron chi connectivity index (χ3n) is 3.08. The van der Waals surface area contributed by atoms with Crippen LogP contribution in [0.1, 0.15) is 32.7 Å². The van der Waals surface area contributed by atoms with E-state index in [1.54, 1.807) is 54.6 Å². The van der Waals surface area contributed by atoms with Gasteiger partial charge in [0.15, 0.2) is 11.6 Å². The molecule has 4 nitrogen and oxygen atoms in total. The van der Waals surface area contributed by atoms with Crippen molar-refractivity contribution in [1.29, 1.82) is 0 Å². The number of aliphatic carboxylic acids is 1. The minimum Gasteiger partial charge on any atom is -0.481 e. The van der Waals surface area contributed by atoms with Crippen LogP contribution in [0, 0.1) is 0 Å². The summed E-state index contributed by atoms with van der Waals surface area (Å²) in [6, 6.07) is 15.0. The van der Waals surface area contributed by atoms with Gasteiger partial charge in [-0.1, -0.05) is 54.6 Å². The predicted molar refractivity (Wildman–Crippen MR) is 77.5 cm³/mol. The first kappa shape index (κ1) is 14.7. The fourth-order valence-corrected chi connectivity index (χ4v) is 2.08. The number of hydrogen-bond acceptors (Lipinski definition) is 3. The average molecular weight is 282 g/mol. The molecule has 0 aliphatic carbocycles. The molecule has 0 aliphatic heterocycles. The van der Waals surface area contributed by atoms with Crippen LogP contribution in [-0.2, 0) is 11.2 Å². The maximum atomic E-state index is 12.2. The van der Waals surface area contributed by atoms with E-state index in [1.807, 2.05) is 0 Å². The van der Waals surface area contributed by atoms with Gasteiger partial charge in [-0.05, 0) is 5.56 Å². The summed E-state index contributed by atoms with van der Waals surface area (Å²) >= 11 is 0. The molecule has 0 spiro atoms. The molecule has 0 saturated heterocycles. The smallest absolute Gasteiger partial charge is 0.307 e. The Bertz CT molecular complexity index is 674. The van der Waals surface area contributed by atoms with Crippen LogP contribution in [-0.4, -0.2) is 22.6 Å². The van der Waals surface area contributed by atoms with Crippen LogP contribution in [0.3, 0.4) is 0 Å². The second kappa shape index (κ2) is 6.61. The molecule has 0 bridgehead atoms. The fraction of sp³-hybridized carbons (Fsp3) is 0.118. The van der Waals surface area contributed by atoms with Gasteiger partial charge in [0.1, 0.15) is 0 Å². The van der Waals surface area contributed by atoms with E-state index in [2.05, 4.69) is 0 Å². The molecule has 0 unspecified atom stereocenters. The van der Waals surface area contributed by atoms with Crippen molar-refractivity contribution in [3.63, 3.8) is 0 Å². The summed E-state index contributed by atoms with van der Waals surface area (Å²) in [5, 5.41) is 8.85. The van der Waals surface area contributed by atoms with Crippen molar-refractivity contribution in [1.82, 2.24) is 0 Å². The lowest BCUT2D eigenvalue weighted by molar-refractivity contribution is -0.136. The summed E-state index contributed by atoms with van der Waals surface area (Å²) in [6.07, 6.45) is -0.498. The SMILES string of the molecule is O=C(O)Cc1ccccc1C(=O)CC(=O)c1ccccc1. The monoisotopic (exact) mass is 282 g/mol. The molecule has 0 amide bonds. The number of ketones is 2. The molecule has 0 aromatic heterocycles. The molecule has 2 aromatic rings. The van der Waals surface area contributed by atoms with E-state index in [4.69, 9.17) is 5.11 Å². The van der Waals surface area contributed by atoms with Gasteiger partial charge in [0, 0.05) is 11.1 Å². The fourth-order valence-electron chi connectivity index (χ4n) is 2.08. The third-order valence-corrected chi connectivity index (χ3v) is 3.08. The zero-order chi connectivity index (χ0) is 15.2. The molecule has 0 heterocycles. The molecule has 1 N–H and O–H groups in total. The van der Waals surface area contributed by atoms with Gasteiger partial charge in [-0.25, -0.2) is 0 Å². The number of hydrogen-bond donors (Lipinski definition) is 1.